The van der Waals surface area contributed by atoms with Crippen molar-refractivity contribution in [2.24, 2.45) is 5.92 Å². The fourth-order valence-corrected chi connectivity index (χ4v) is 2.20. The van der Waals surface area contributed by atoms with Gasteiger partial charge in [0.2, 0.25) is 0 Å². The number of halogens is 1. The number of rotatable bonds is 2. The van der Waals surface area contributed by atoms with E-state index in [4.69, 9.17) is 11.6 Å². The zero-order chi connectivity index (χ0) is 9.97. The van der Waals surface area contributed by atoms with Crippen LogP contribution in [0.3, 0.4) is 0 Å². The third-order valence-corrected chi connectivity index (χ3v) is 3.12. The minimum Gasteiger partial charge on any atom is -0.367 e. The molecule has 1 saturated carbocycles. The van der Waals surface area contributed by atoms with Gasteiger partial charge in [-0.05, 0) is 30.9 Å². The van der Waals surface area contributed by atoms with E-state index in [1.54, 1.807) is 6.07 Å². The molecule has 0 radical (unpaired) electrons. The lowest BCUT2D eigenvalue weighted by Gasteiger charge is -2.17. The summed E-state index contributed by atoms with van der Waals surface area (Å²) in [6, 6.07) is 6.26. The van der Waals surface area contributed by atoms with Crippen molar-refractivity contribution in [3.05, 3.63) is 23.4 Å². The second kappa shape index (κ2) is 4.18. The second-order valence-corrected chi connectivity index (χ2v) is 4.39. The van der Waals surface area contributed by atoms with Gasteiger partial charge in [0.05, 0.1) is 0 Å². The number of nitrogens with zero attached hydrogens (tertiary/aromatic N) is 1. The minimum atomic E-state index is 0.556. The monoisotopic (exact) mass is 210 g/mol. The van der Waals surface area contributed by atoms with E-state index in [9.17, 15) is 0 Å². The normalized spacial score (nSPS) is 26.4. The lowest BCUT2D eigenvalue weighted by atomic mass is 10.1. The molecular formula is C11H15ClN2. The Bertz CT molecular complexity index is 314. The maximum Gasteiger partial charge on any atom is 0.131 e. The summed E-state index contributed by atoms with van der Waals surface area (Å²) in [7, 11) is 0. The molecule has 2 nitrogen and oxygen atoms in total. The van der Waals surface area contributed by atoms with Crippen molar-refractivity contribution in [2.75, 3.05) is 5.32 Å². The molecule has 76 valence electrons. The van der Waals surface area contributed by atoms with Crippen molar-refractivity contribution >= 4 is 17.4 Å². The van der Waals surface area contributed by atoms with E-state index >= 15 is 0 Å². The Morgan fingerprint density at radius 1 is 1.43 bits per heavy atom. The SMILES string of the molecule is CC1CCCC1Nc1cccc(Cl)n1. The molecule has 0 bridgehead atoms. The Morgan fingerprint density at radius 2 is 2.29 bits per heavy atom. The maximum absolute atomic E-state index is 5.82. The van der Waals surface area contributed by atoms with Gasteiger partial charge >= 0.3 is 0 Å². The third-order valence-electron chi connectivity index (χ3n) is 2.91. The van der Waals surface area contributed by atoms with Gasteiger partial charge in [-0.25, -0.2) is 4.98 Å². The predicted octanol–water partition coefficient (Wildman–Crippen LogP) is 3.34. The van der Waals surface area contributed by atoms with Crippen molar-refractivity contribution in [1.29, 1.82) is 0 Å². The summed E-state index contributed by atoms with van der Waals surface area (Å²) in [4.78, 5) is 4.23. The zero-order valence-corrected chi connectivity index (χ0v) is 9.09. The highest BCUT2D eigenvalue weighted by molar-refractivity contribution is 6.29. The van der Waals surface area contributed by atoms with Crippen molar-refractivity contribution < 1.29 is 0 Å². The van der Waals surface area contributed by atoms with Crippen LogP contribution in [-0.2, 0) is 0 Å². The predicted molar refractivity (Wildman–Crippen MR) is 59.7 cm³/mol. The summed E-state index contributed by atoms with van der Waals surface area (Å²) in [6.45, 7) is 2.29. The third kappa shape index (κ3) is 2.18. The van der Waals surface area contributed by atoms with Gasteiger partial charge in [0.15, 0.2) is 0 Å². The summed E-state index contributed by atoms with van der Waals surface area (Å²) in [6.07, 6.45) is 3.88. The van der Waals surface area contributed by atoms with Crippen LogP contribution < -0.4 is 5.32 Å². The summed E-state index contributed by atoms with van der Waals surface area (Å²) in [5.74, 6) is 1.65. The molecule has 0 spiro atoms. The van der Waals surface area contributed by atoms with Gasteiger partial charge in [0.1, 0.15) is 11.0 Å². The van der Waals surface area contributed by atoms with Crippen LogP contribution in [0.25, 0.3) is 0 Å². The Kier molecular flexibility index (Phi) is 2.92. The van der Waals surface area contributed by atoms with Crippen LogP contribution in [-0.4, -0.2) is 11.0 Å². The fraction of sp³-hybridized carbons (Fsp3) is 0.545. The molecule has 1 heterocycles. The van der Waals surface area contributed by atoms with Crippen LogP contribution >= 0.6 is 11.6 Å². The molecule has 1 fully saturated rings. The molecule has 1 aromatic rings. The molecule has 1 aliphatic carbocycles. The van der Waals surface area contributed by atoms with E-state index in [2.05, 4.69) is 17.2 Å². The molecule has 0 aromatic carbocycles. The van der Waals surface area contributed by atoms with E-state index in [0.29, 0.717) is 11.2 Å². The van der Waals surface area contributed by atoms with Crippen molar-refractivity contribution in [1.82, 2.24) is 4.98 Å². The summed E-state index contributed by atoms with van der Waals surface area (Å²) in [5, 5.41) is 3.99. The zero-order valence-electron chi connectivity index (χ0n) is 8.33. The molecule has 1 aliphatic rings. The van der Waals surface area contributed by atoms with Crippen molar-refractivity contribution in [2.45, 2.75) is 32.2 Å². The topological polar surface area (TPSA) is 24.9 Å². The first-order chi connectivity index (χ1) is 6.75. The highest BCUT2D eigenvalue weighted by Gasteiger charge is 2.23. The molecule has 1 aromatic heterocycles. The number of aromatic nitrogens is 1. The van der Waals surface area contributed by atoms with Crippen LogP contribution in [0.2, 0.25) is 5.15 Å². The molecule has 0 saturated heterocycles. The van der Waals surface area contributed by atoms with Crippen molar-refractivity contribution in [3.8, 4) is 0 Å². The lowest BCUT2D eigenvalue weighted by Crippen LogP contribution is -2.22. The standard InChI is InChI=1S/C11H15ClN2/c1-8-4-2-5-9(8)13-11-7-3-6-10(12)14-11/h3,6-9H,2,4-5H2,1H3,(H,13,14). The molecule has 2 unspecified atom stereocenters. The van der Waals surface area contributed by atoms with Gasteiger partial charge in [0, 0.05) is 6.04 Å². The van der Waals surface area contributed by atoms with Crippen molar-refractivity contribution in [3.63, 3.8) is 0 Å². The Balaban J connectivity index is 2.03. The van der Waals surface area contributed by atoms with E-state index in [-0.39, 0.29) is 0 Å². The average Bonchev–Trinajstić information content (AvgIpc) is 2.52. The minimum absolute atomic E-state index is 0.556. The van der Waals surface area contributed by atoms with Gasteiger partial charge in [-0.2, -0.15) is 0 Å². The summed E-state index contributed by atoms with van der Waals surface area (Å²) < 4.78 is 0. The van der Waals surface area contributed by atoms with Gasteiger partial charge in [-0.15, -0.1) is 0 Å². The number of hydrogen-bond acceptors (Lipinski definition) is 2. The first kappa shape index (κ1) is 9.78. The first-order valence-electron chi connectivity index (χ1n) is 5.15. The largest absolute Gasteiger partial charge is 0.367 e. The molecule has 14 heavy (non-hydrogen) atoms. The molecule has 1 N–H and O–H groups in total. The van der Waals surface area contributed by atoms with E-state index in [1.165, 1.54) is 19.3 Å². The van der Waals surface area contributed by atoms with Crippen LogP contribution in [0.15, 0.2) is 18.2 Å². The highest BCUT2D eigenvalue weighted by Crippen LogP contribution is 2.27. The molecule has 3 heteroatoms. The lowest BCUT2D eigenvalue weighted by molar-refractivity contribution is 0.555. The van der Waals surface area contributed by atoms with E-state index < -0.39 is 0 Å². The van der Waals surface area contributed by atoms with Crippen LogP contribution in [0.1, 0.15) is 26.2 Å². The first-order valence-corrected chi connectivity index (χ1v) is 5.52. The van der Waals surface area contributed by atoms with Crippen LogP contribution in [0.5, 0.6) is 0 Å². The van der Waals surface area contributed by atoms with E-state index in [1.807, 2.05) is 12.1 Å². The Morgan fingerprint density at radius 3 is 2.93 bits per heavy atom. The van der Waals surface area contributed by atoms with Gasteiger partial charge in [-0.3, -0.25) is 0 Å². The quantitative estimate of drug-likeness (QED) is 0.758. The molecule has 2 atom stereocenters. The molecular weight excluding hydrogens is 196 g/mol. The van der Waals surface area contributed by atoms with E-state index in [0.717, 1.165) is 11.7 Å². The Labute approximate surface area is 89.7 Å². The van der Waals surface area contributed by atoms with Crippen LogP contribution in [0, 0.1) is 5.92 Å². The average molecular weight is 211 g/mol. The molecule has 2 rings (SSSR count). The highest BCUT2D eigenvalue weighted by atomic mass is 35.5. The van der Waals surface area contributed by atoms with Gasteiger partial charge in [-0.1, -0.05) is 31.0 Å². The van der Waals surface area contributed by atoms with Gasteiger partial charge < -0.3 is 5.32 Å². The number of hydrogen-bond donors (Lipinski definition) is 1. The molecule has 0 amide bonds. The Hall–Kier alpha value is -0.760. The second-order valence-electron chi connectivity index (χ2n) is 4.00. The number of nitrogens with one attached hydrogen (secondary N) is 1. The molecule has 0 aliphatic heterocycles. The number of pyridine rings is 1. The smallest absolute Gasteiger partial charge is 0.131 e. The van der Waals surface area contributed by atoms with Crippen LogP contribution in [0.4, 0.5) is 5.82 Å². The number of anilines is 1. The summed E-state index contributed by atoms with van der Waals surface area (Å²) in [5.41, 5.74) is 0. The maximum atomic E-state index is 5.82. The summed E-state index contributed by atoms with van der Waals surface area (Å²) >= 11 is 5.82. The fourth-order valence-electron chi connectivity index (χ4n) is 2.04. The van der Waals surface area contributed by atoms with Gasteiger partial charge in [0.25, 0.3) is 0 Å².